The number of carbonyl (C=O) groups excluding carboxylic acids is 2. The average molecular weight is 637 g/mol. The molecule has 0 saturated heterocycles. The number of sulfonamides is 1. The minimum atomic E-state index is -3.89. The minimum Gasteiger partial charge on any atom is -0.352 e. The number of rotatable bonds is 11. The normalized spacial score (nSPS) is 14.4. The van der Waals surface area contributed by atoms with Gasteiger partial charge in [0.05, 0.1) is 11.9 Å². The molecule has 0 aromatic heterocycles. The van der Waals surface area contributed by atoms with Crippen LogP contribution < -0.4 is 9.62 Å². The largest absolute Gasteiger partial charge is 0.352 e. The van der Waals surface area contributed by atoms with E-state index in [2.05, 4.69) is 5.32 Å². The lowest BCUT2D eigenvalue weighted by Crippen LogP contribution is -2.54. The standard InChI is InChI=1S/C30H32Cl3N3O4S/c1-41(39,40)36(26-13-7-10-23(31)17-26)20-29(37)35(19-22-14-15-24(32)18-27(22)33)28(16-21-8-3-2-4-9-21)30(38)34-25-11-5-6-12-25/h2-4,7-10,13-15,17-18,25,28H,5-6,11-12,16,19-20H2,1H3,(H,34,38)/t28-/m0/s1. The highest BCUT2D eigenvalue weighted by Crippen LogP contribution is 2.27. The summed E-state index contributed by atoms with van der Waals surface area (Å²) in [5.41, 5.74) is 1.67. The van der Waals surface area contributed by atoms with Gasteiger partial charge in [0.25, 0.3) is 0 Å². The molecular formula is C30H32Cl3N3O4S. The van der Waals surface area contributed by atoms with E-state index in [0.29, 0.717) is 20.6 Å². The number of halogens is 3. The second-order valence-corrected chi connectivity index (χ2v) is 13.4. The van der Waals surface area contributed by atoms with Crippen molar-refractivity contribution in [2.24, 2.45) is 0 Å². The molecule has 7 nitrogen and oxygen atoms in total. The summed E-state index contributed by atoms with van der Waals surface area (Å²) >= 11 is 18.8. The maximum Gasteiger partial charge on any atom is 0.244 e. The second-order valence-electron chi connectivity index (χ2n) is 10.2. The molecular weight excluding hydrogens is 605 g/mol. The summed E-state index contributed by atoms with van der Waals surface area (Å²) in [5.74, 6) is -0.864. The summed E-state index contributed by atoms with van der Waals surface area (Å²) in [6.07, 6.45) is 5.05. The zero-order chi connectivity index (χ0) is 29.6. The first kappa shape index (κ1) is 31.2. The first-order chi connectivity index (χ1) is 19.5. The third-order valence-electron chi connectivity index (χ3n) is 7.10. The highest BCUT2D eigenvalue weighted by Gasteiger charge is 2.34. The smallest absolute Gasteiger partial charge is 0.244 e. The van der Waals surface area contributed by atoms with Crippen LogP contribution in [0.2, 0.25) is 15.1 Å². The Bertz CT molecular complexity index is 1480. The van der Waals surface area contributed by atoms with Crippen molar-refractivity contribution >= 4 is 62.3 Å². The lowest BCUT2D eigenvalue weighted by Gasteiger charge is -2.34. The van der Waals surface area contributed by atoms with Gasteiger partial charge in [0, 0.05) is 34.1 Å². The van der Waals surface area contributed by atoms with Crippen molar-refractivity contribution < 1.29 is 18.0 Å². The van der Waals surface area contributed by atoms with Crippen molar-refractivity contribution in [3.8, 4) is 0 Å². The van der Waals surface area contributed by atoms with Crippen LogP contribution >= 0.6 is 34.8 Å². The third-order valence-corrected chi connectivity index (χ3v) is 9.07. The van der Waals surface area contributed by atoms with Crippen LogP contribution in [0.5, 0.6) is 0 Å². The number of hydrogen-bond donors (Lipinski definition) is 1. The summed E-state index contributed by atoms with van der Waals surface area (Å²) in [6.45, 7) is -0.566. The van der Waals surface area contributed by atoms with E-state index in [9.17, 15) is 18.0 Å². The van der Waals surface area contributed by atoms with E-state index in [1.54, 1.807) is 36.4 Å². The fourth-order valence-electron chi connectivity index (χ4n) is 5.00. The number of amides is 2. The van der Waals surface area contributed by atoms with Crippen molar-refractivity contribution in [2.45, 2.75) is 50.7 Å². The molecule has 1 fully saturated rings. The minimum absolute atomic E-state index is 0.0239. The Labute approximate surface area is 256 Å². The summed E-state index contributed by atoms with van der Waals surface area (Å²) in [6, 6.07) is 19.7. The van der Waals surface area contributed by atoms with E-state index >= 15 is 0 Å². The van der Waals surface area contributed by atoms with Gasteiger partial charge in [-0.25, -0.2) is 8.42 Å². The molecule has 1 aliphatic carbocycles. The monoisotopic (exact) mass is 635 g/mol. The number of hydrogen-bond acceptors (Lipinski definition) is 4. The van der Waals surface area contributed by atoms with Crippen LogP contribution in [0, 0.1) is 0 Å². The maximum absolute atomic E-state index is 14.2. The van der Waals surface area contributed by atoms with Crippen LogP contribution in [-0.4, -0.2) is 50.0 Å². The van der Waals surface area contributed by atoms with E-state index in [-0.39, 0.29) is 30.6 Å². The topological polar surface area (TPSA) is 86.8 Å². The summed E-state index contributed by atoms with van der Waals surface area (Å²) in [5, 5.41) is 4.22. The predicted octanol–water partition coefficient (Wildman–Crippen LogP) is 6.11. The summed E-state index contributed by atoms with van der Waals surface area (Å²) < 4.78 is 26.7. The van der Waals surface area contributed by atoms with Crippen molar-refractivity contribution in [3.05, 3.63) is 99.0 Å². The first-order valence-electron chi connectivity index (χ1n) is 13.3. The van der Waals surface area contributed by atoms with Gasteiger partial charge in [-0.15, -0.1) is 0 Å². The van der Waals surface area contributed by atoms with Gasteiger partial charge in [0.2, 0.25) is 21.8 Å². The van der Waals surface area contributed by atoms with Crippen LogP contribution in [0.25, 0.3) is 0 Å². The van der Waals surface area contributed by atoms with Crippen molar-refractivity contribution in [3.63, 3.8) is 0 Å². The number of carbonyl (C=O) groups is 2. The zero-order valence-corrected chi connectivity index (χ0v) is 25.7. The van der Waals surface area contributed by atoms with Gasteiger partial charge >= 0.3 is 0 Å². The van der Waals surface area contributed by atoms with E-state index in [4.69, 9.17) is 34.8 Å². The Morgan fingerprint density at radius 1 is 0.927 bits per heavy atom. The van der Waals surface area contributed by atoms with Crippen LogP contribution in [-0.2, 0) is 32.6 Å². The average Bonchev–Trinajstić information content (AvgIpc) is 3.43. The second kappa shape index (κ2) is 13.9. The zero-order valence-electron chi connectivity index (χ0n) is 22.6. The van der Waals surface area contributed by atoms with Gasteiger partial charge in [-0.3, -0.25) is 13.9 Å². The molecule has 2 amide bonds. The fourth-order valence-corrected chi connectivity index (χ4v) is 6.49. The number of nitrogens with zero attached hydrogens (tertiary/aromatic N) is 2. The third kappa shape index (κ3) is 8.61. The molecule has 0 radical (unpaired) electrons. The van der Waals surface area contributed by atoms with E-state index < -0.39 is 28.5 Å². The van der Waals surface area contributed by atoms with Crippen molar-refractivity contribution in [2.75, 3.05) is 17.1 Å². The molecule has 41 heavy (non-hydrogen) atoms. The Kier molecular flexibility index (Phi) is 10.6. The molecule has 0 heterocycles. The quantitative estimate of drug-likeness (QED) is 0.275. The van der Waals surface area contributed by atoms with Crippen LogP contribution in [0.15, 0.2) is 72.8 Å². The van der Waals surface area contributed by atoms with Gasteiger partial charge in [-0.2, -0.15) is 0 Å². The molecule has 0 unspecified atom stereocenters. The number of benzene rings is 3. The Balaban J connectivity index is 1.74. The molecule has 1 saturated carbocycles. The van der Waals surface area contributed by atoms with Gasteiger partial charge in [0.1, 0.15) is 12.6 Å². The predicted molar refractivity (Wildman–Crippen MR) is 165 cm³/mol. The molecule has 3 aromatic carbocycles. The van der Waals surface area contributed by atoms with Gasteiger partial charge in [-0.1, -0.05) is 90.1 Å². The fraction of sp³-hybridized carbons (Fsp3) is 0.333. The van der Waals surface area contributed by atoms with E-state index in [1.807, 2.05) is 30.3 Å². The Morgan fingerprint density at radius 3 is 2.24 bits per heavy atom. The highest BCUT2D eigenvalue weighted by molar-refractivity contribution is 7.92. The molecule has 0 spiro atoms. The SMILES string of the molecule is CS(=O)(=O)N(CC(=O)N(Cc1ccc(Cl)cc1Cl)[C@@H](Cc1ccccc1)C(=O)NC1CCCC1)c1cccc(Cl)c1. The van der Waals surface area contributed by atoms with Gasteiger partial charge < -0.3 is 10.2 Å². The van der Waals surface area contributed by atoms with Crippen LogP contribution in [0.4, 0.5) is 5.69 Å². The Hall–Kier alpha value is -2.78. The van der Waals surface area contributed by atoms with Crippen LogP contribution in [0.1, 0.15) is 36.8 Å². The van der Waals surface area contributed by atoms with E-state index in [1.165, 1.54) is 11.0 Å². The Morgan fingerprint density at radius 2 is 1.61 bits per heavy atom. The molecule has 1 aliphatic rings. The summed E-state index contributed by atoms with van der Waals surface area (Å²) in [4.78, 5) is 29.4. The molecule has 4 rings (SSSR count). The highest BCUT2D eigenvalue weighted by atomic mass is 35.5. The molecule has 0 aliphatic heterocycles. The molecule has 218 valence electrons. The lowest BCUT2D eigenvalue weighted by atomic mass is 10.0. The van der Waals surface area contributed by atoms with Crippen LogP contribution in [0.3, 0.4) is 0 Å². The van der Waals surface area contributed by atoms with Gasteiger partial charge in [0.15, 0.2) is 0 Å². The lowest BCUT2D eigenvalue weighted by molar-refractivity contribution is -0.140. The molecule has 11 heteroatoms. The van der Waals surface area contributed by atoms with E-state index in [0.717, 1.165) is 41.8 Å². The molecule has 1 atom stereocenters. The van der Waals surface area contributed by atoms with Gasteiger partial charge in [-0.05, 0) is 54.3 Å². The first-order valence-corrected chi connectivity index (χ1v) is 16.3. The van der Waals surface area contributed by atoms with Crippen molar-refractivity contribution in [1.29, 1.82) is 0 Å². The number of anilines is 1. The maximum atomic E-state index is 14.2. The van der Waals surface area contributed by atoms with Crippen molar-refractivity contribution in [1.82, 2.24) is 10.2 Å². The molecule has 0 bridgehead atoms. The molecule has 1 N–H and O–H groups in total. The summed E-state index contributed by atoms with van der Waals surface area (Å²) in [7, 11) is -3.89. The number of nitrogens with one attached hydrogen (secondary N) is 1. The molecule has 3 aromatic rings.